The van der Waals surface area contributed by atoms with Gasteiger partial charge >= 0.3 is 0 Å². The van der Waals surface area contributed by atoms with Crippen LogP contribution in [-0.2, 0) is 4.79 Å². The van der Waals surface area contributed by atoms with Crippen molar-refractivity contribution in [2.75, 3.05) is 5.32 Å². The molecule has 1 aromatic carbocycles. The molecule has 0 aliphatic rings. The molecule has 4 nitrogen and oxygen atoms in total. The Morgan fingerprint density at radius 2 is 2.04 bits per heavy atom. The van der Waals surface area contributed by atoms with Crippen LogP contribution in [0.25, 0.3) is 17.4 Å². The summed E-state index contributed by atoms with van der Waals surface area (Å²) in [6.45, 7) is 1.88. The highest BCUT2D eigenvalue weighted by Crippen LogP contribution is 2.24. The van der Waals surface area contributed by atoms with Gasteiger partial charge in [0.15, 0.2) is 5.13 Å². The number of nitrogens with one attached hydrogen (secondary N) is 1. The molecule has 0 fully saturated rings. The molecule has 3 aromatic rings. The molecule has 0 atom stereocenters. The number of carbonyl (C=O) groups excluding carboxylic acids is 1. The molecule has 1 N–H and O–H groups in total. The standard InChI is InChI=1S/C17H13BrN2O2S/c1-11-10-23-17(19-11)20-16(21)9-7-14-6-8-15(22-14)12-2-4-13(18)5-3-12/h2-10H,1H3,(H,19,20,21)/b9-7+. The molecule has 0 aliphatic carbocycles. The third kappa shape index (κ3) is 4.18. The molecule has 0 aliphatic heterocycles. The SMILES string of the molecule is Cc1csc(NC(=O)/C=C/c2ccc(-c3ccc(Br)cc3)o2)n1. The normalized spacial score (nSPS) is 11.0. The number of benzene rings is 1. The topological polar surface area (TPSA) is 55.1 Å². The van der Waals surface area contributed by atoms with Crippen LogP contribution >= 0.6 is 27.3 Å². The van der Waals surface area contributed by atoms with Crippen molar-refractivity contribution in [2.24, 2.45) is 0 Å². The number of aryl methyl sites for hydroxylation is 1. The van der Waals surface area contributed by atoms with Crippen molar-refractivity contribution < 1.29 is 9.21 Å². The average Bonchev–Trinajstić information content (AvgIpc) is 3.15. The van der Waals surface area contributed by atoms with Crippen LogP contribution in [0, 0.1) is 6.92 Å². The van der Waals surface area contributed by atoms with E-state index in [9.17, 15) is 4.79 Å². The fourth-order valence-corrected chi connectivity index (χ4v) is 2.88. The molecule has 6 heteroatoms. The fraction of sp³-hybridized carbons (Fsp3) is 0.0588. The molecular formula is C17H13BrN2O2S. The Kier molecular flexibility index (Phi) is 4.73. The van der Waals surface area contributed by atoms with E-state index < -0.39 is 0 Å². The van der Waals surface area contributed by atoms with Gasteiger partial charge in [-0.05, 0) is 37.3 Å². The van der Waals surface area contributed by atoms with E-state index in [2.05, 4.69) is 26.2 Å². The zero-order valence-electron chi connectivity index (χ0n) is 12.2. The fourth-order valence-electron chi connectivity index (χ4n) is 1.93. The molecule has 3 rings (SSSR count). The summed E-state index contributed by atoms with van der Waals surface area (Å²) in [6, 6.07) is 11.6. The summed E-state index contributed by atoms with van der Waals surface area (Å²) in [5.74, 6) is 1.14. The average molecular weight is 389 g/mol. The summed E-state index contributed by atoms with van der Waals surface area (Å²) in [6.07, 6.45) is 3.07. The molecule has 0 unspecified atom stereocenters. The number of hydrogen-bond donors (Lipinski definition) is 1. The summed E-state index contributed by atoms with van der Waals surface area (Å²) >= 11 is 4.80. The number of hydrogen-bond acceptors (Lipinski definition) is 4. The lowest BCUT2D eigenvalue weighted by atomic mass is 10.2. The molecule has 23 heavy (non-hydrogen) atoms. The number of amides is 1. The first-order chi connectivity index (χ1) is 11.1. The number of aromatic nitrogens is 1. The number of furan rings is 1. The lowest BCUT2D eigenvalue weighted by Gasteiger charge is -1.97. The highest BCUT2D eigenvalue weighted by atomic mass is 79.9. The van der Waals surface area contributed by atoms with Crippen LogP contribution in [0.4, 0.5) is 5.13 Å². The van der Waals surface area contributed by atoms with E-state index >= 15 is 0 Å². The van der Waals surface area contributed by atoms with Gasteiger partial charge in [-0.2, -0.15) is 0 Å². The number of nitrogens with zero attached hydrogens (tertiary/aromatic N) is 1. The second-order valence-corrected chi connectivity index (χ2v) is 6.60. The van der Waals surface area contributed by atoms with Crippen molar-refractivity contribution in [1.82, 2.24) is 4.98 Å². The molecular weight excluding hydrogens is 376 g/mol. The van der Waals surface area contributed by atoms with Crippen LogP contribution < -0.4 is 5.32 Å². The first-order valence-electron chi connectivity index (χ1n) is 6.87. The quantitative estimate of drug-likeness (QED) is 0.630. The maximum absolute atomic E-state index is 11.8. The van der Waals surface area contributed by atoms with Gasteiger partial charge in [-0.3, -0.25) is 10.1 Å². The summed E-state index contributed by atoms with van der Waals surface area (Å²) in [5.41, 5.74) is 1.87. The maximum Gasteiger partial charge on any atom is 0.250 e. The van der Waals surface area contributed by atoms with Crippen LogP contribution in [0.2, 0.25) is 0 Å². The van der Waals surface area contributed by atoms with Gasteiger partial charge in [0.2, 0.25) is 5.91 Å². The Morgan fingerprint density at radius 3 is 2.74 bits per heavy atom. The van der Waals surface area contributed by atoms with Gasteiger partial charge < -0.3 is 4.42 Å². The van der Waals surface area contributed by atoms with Crippen LogP contribution in [0.5, 0.6) is 0 Å². The van der Waals surface area contributed by atoms with Crippen LogP contribution in [0.1, 0.15) is 11.5 Å². The highest BCUT2D eigenvalue weighted by Gasteiger charge is 2.05. The van der Waals surface area contributed by atoms with Crippen molar-refractivity contribution in [3.8, 4) is 11.3 Å². The van der Waals surface area contributed by atoms with Gasteiger partial charge in [0, 0.05) is 21.5 Å². The molecule has 0 radical (unpaired) electrons. The second kappa shape index (κ2) is 6.93. The minimum Gasteiger partial charge on any atom is -0.457 e. The van der Waals surface area contributed by atoms with Gasteiger partial charge in [0.05, 0.1) is 5.69 Å². The van der Waals surface area contributed by atoms with E-state index in [4.69, 9.17) is 4.42 Å². The van der Waals surface area contributed by atoms with Crippen molar-refractivity contribution in [3.63, 3.8) is 0 Å². The van der Waals surface area contributed by atoms with E-state index in [0.717, 1.165) is 21.5 Å². The van der Waals surface area contributed by atoms with Crippen molar-refractivity contribution in [1.29, 1.82) is 0 Å². The summed E-state index contributed by atoms with van der Waals surface area (Å²) < 4.78 is 6.73. The Hall–Kier alpha value is -2.18. The third-order valence-corrected chi connectivity index (χ3v) is 4.41. The summed E-state index contributed by atoms with van der Waals surface area (Å²) in [4.78, 5) is 16.0. The van der Waals surface area contributed by atoms with Crippen LogP contribution in [0.3, 0.4) is 0 Å². The Bertz CT molecular complexity index is 850. The Balaban J connectivity index is 1.66. The largest absolute Gasteiger partial charge is 0.457 e. The van der Waals surface area contributed by atoms with Gasteiger partial charge in [0.25, 0.3) is 0 Å². The zero-order valence-corrected chi connectivity index (χ0v) is 14.6. The molecule has 0 spiro atoms. The Labute approximate surface area is 146 Å². The van der Waals surface area contributed by atoms with Gasteiger partial charge in [-0.15, -0.1) is 11.3 Å². The van der Waals surface area contributed by atoms with E-state index in [1.54, 1.807) is 6.08 Å². The second-order valence-electron chi connectivity index (χ2n) is 4.83. The van der Waals surface area contributed by atoms with E-state index in [1.165, 1.54) is 17.4 Å². The lowest BCUT2D eigenvalue weighted by molar-refractivity contribution is -0.111. The molecule has 0 saturated heterocycles. The number of anilines is 1. The van der Waals surface area contributed by atoms with E-state index in [-0.39, 0.29) is 5.91 Å². The van der Waals surface area contributed by atoms with Gasteiger partial charge in [0.1, 0.15) is 11.5 Å². The molecule has 2 heterocycles. The molecule has 116 valence electrons. The van der Waals surface area contributed by atoms with E-state index in [1.807, 2.05) is 48.7 Å². The number of carbonyl (C=O) groups is 1. The minimum absolute atomic E-state index is 0.235. The monoisotopic (exact) mass is 388 g/mol. The van der Waals surface area contributed by atoms with Crippen LogP contribution in [0.15, 0.2) is 56.7 Å². The summed E-state index contributed by atoms with van der Waals surface area (Å²) in [5, 5.41) is 5.19. The molecule has 0 bridgehead atoms. The third-order valence-electron chi connectivity index (χ3n) is 3.00. The molecule has 2 aromatic heterocycles. The maximum atomic E-state index is 11.8. The van der Waals surface area contributed by atoms with E-state index in [0.29, 0.717) is 10.9 Å². The minimum atomic E-state index is -0.235. The van der Waals surface area contributed by atoms with Crippen molar-refractivity contribution in [2.45, 2.75) is 6.92 Å². The predicted octanol–water partition coefficient (Wildman–Crippen LogP) is 5.13. The first kappa shape index (κ1) is 15.7. The highest BCUT2D eigenvalue weighted by molar-refractivity contribution is 9.10. The first-order valence-corrected chi connectivity index (χ1v) is 8.54. The number of thiazole rings is 1. The van der Waals surface area contributed by atoms with Crippen molar-refractivity contribution >= 4 is 44.4 Å². The number of rotatable bonds is 4. The number of halogens is 1. The van der Waals surface area contributed by atoms with Gasteiger partial charge in [-0.1, -0.05) is 28.1 Å². The Morgan fingerprint density at radius 1 is 1.26 bits per heavy atom. The molecule has 0 saturated carbocycles. The smallest absolute Gasteiger partial charge is 0.250 e. The van der Waals surface area contributed by atoms with Gasteiger partial charge in [-0.25, -0.2) is 4.98 Å². The lowest BCUT2D eigenvalue weighted by Crippen LogP contribution is -2.07. The zero-order chi connectivity index (χ0) is 16.2. The van der Waals surface area contributed by atoms with Crippen LogP contribution in [-0.4, -0.2) is 10.9 Å². The van der Waals surface area contributed by atoms with Crippen molar-refractivity contribution in [3.05, 3.63) is 63.8 Å². The molecule has 1 amide bonds. The predicted molar refractivity (Wildman–Crippen MR) is 96.4 cm³/mol. The summed E-state index contributed by atoms with van der Waals surface area (Å²) in [7, 11) is 0.